The maximum atomic E-state index is 5.85. The van der Waals surface area contributed by atoms with Gasteiger partial charge in [-0.3, -0.25) is 0 Å². The Morgan fingerprint density at radius 2 is 2.05 bits per heavy atom. The summed E-state index contributed by atoms with van der Waals surface area (Å²) in [4.78, 5) is 0. The molecule has 1 aromatic heterocycles. The molecule has 4 heteroatoms. The Balaban J connectivity index is 1.93. The molecule has 1 unspecified atom stereocenters. The van der Waals surface area contributed by atoms with Gasteiger partial charge in [-0.2, -0.15) is 5.10 Å². The number of hydrogen-bond acceptors (Lipinski definition) is 4. The van der Waals surface area contributed by atoms with Gasteiger partial charge >= 0.3 is 0 Å². The van der Waals surface area contributed by atoms with Crippen molar-refractivity contribution in [2.75, 3.05) is 5.73 Å². The smallest absolute Gasteiger partial charge is 0.242 e. The van der Waals surface area contributed by atoms with Gasteiger partial charge in [-0.1, -0.05) is 6.92 Å². The molecule has 2 aromatic rings. The topological polar surface area (TPSA) is 61.0 Å². The average molecular weight is 255 g/mol. The van der Waals surface area contributed by atoms with Crippen LogP contribution in [-0.4, -0.2) is 10.2 Å². The third-order valence-corrected chi connectivity index (χ3v) is 3.64. The predicted molar refractivity (Wildman–Crippen MR) is 74.3 cm³/mol. The minimum atomic E-state index is 0.535. The molecule has 19 heavy (non-hydrogen) atoms. The molecule has 98 valence electrons. The number of hydrogen-bond donors (Lipinski definition) is 1. The summed E-state index contributed by atoms with van der Waals surface area (Å²) in [6.45, 7) is 2.23. The first-order valence-corrected chi connectivity index (χ1v) is 6.62. The predicted octanol–water partition coefficient (Wildman–Crippen LogP) is 3.29. The van der Waals surface area contributed by atoms with E-state index in [-0.39, 0.29) is 0 Å². The zero-order valence-electron chi connectivity index (χ0n) is 11.0. The molecule has 1 aliphatic carbocycles. The second kappa shape index (κ2) is 4.88. The highest BCUT2D eigenvalue weighted by Crippen LogP contribution is 2.35. The highest BCUT2D eigenvalue weighted by molar-refractivity contribution is 5.44. The molecule has 4 nitrogen and oxygen atoms in total. The van der Waals surface area contributed by atoms with Crippen LogP contribution in [0.4, 0.5) is 5.69 Å². The van der Waals surface area contributed by atoms with E-state index in [0.29, 0.717) is 11.8 Å². The van der Waals surface area contributed by atoms with Crippen LogP contribution >= 0.6 is 0 Å². The minimum absolute atomic E-state index is 0.535. The molecule has 0 saturated carbocycles. The molecule has 0 saturated heterocycles. The lowest BCUT2D eigenvalue weighted by molar-refractivity contribution is 0.437. The normalized spacial score (nSPS) is 17.8. The molecule has 0 bridgehead atoms. The lowest BCUT2D eigenvalue weighted by Gasteiger charge is -2.22. The van der Waals surface area contributed by atoms with Crippen molar-refractivity contribution in [3.63, 3.8) is 0 Å². The average Bonchev–Trinajstić information content (AvgIpc) is 2.43. The van der Waals surface area contributed by atoms with Gasteiger partial charge in [0.25, 0.3) is 0 Å². The molecule has 1 aliphatic rings. The number of nitrogens with zero attached hydrogens (tertiary/aromatic N) is 2. The lowest BCUT2D eigenvalue weighted by atomic mass is 9.86. The standard InChI is InChI=1S/C15H17N3O/c1-10-3-2-4-13-14(10)9-17-18-15(13)19-12-7-5-11(16)6-8-12/h5-10H,2-4,16H2,1H3. The van der Waals surface area contributed by atoms with Gasteiger partial charge in [0.15, 0.2) is 0 Å². The Morgan fingerprint density at radius 1 is 1.26 bits per heavy atom. The molecule has 1 aromatic carbocycles. The number of nitrogen functional groups attached to an aromatic ring is 1. The van der Waals surface area contributed by atoms with Crippen molar-refractivity contribution >= 4 is 5.69 Å². The van der Waals surface area contributed by atoms with Crippen LogP contribution in [0, 0.1) is 0 Å². The summed E-state index contributed by atoms with van der Waals surface area (Å²) in [5, 5.41) is 8.20. The van der Waals surface area contributed by atoms with E-state index < -0.39 is 0 Å². The number of aromatic nitrogens is 2. The van der Waals surface area contributed by atoms with E-state index in [1.807, 2.05) is 30.5 Å². The van der Waals surface area contributed by atoms with Crippen LogP contribution in [-0.2, 0) is 6.42 Å². The van der Waals surface area contributed by atoms with Crippen LogP contribution in [0.5, 0.6) is 11.6 Å². The van der Waals surface area contributed by atoms with Gasteiger partial charge in [0.2, 0.25) is 5.88 Å². The van der Waals surface area contributed by atoms with Crippen LogP contribution in [0.25, 0.3) is 0 Å². The molecule has 3 rings (SSSR count). The van der Waals surface area contributed by atoms with Crippen LogP contribution in [0.15, 0.2) is 30.5 Å². The second-order valence-electron chi connectivity index (χ2n) is 5.05. The summed E-state index contributed by atoms with van der Waals surface area (Å²) < 4.78 is 5.85. The third-order valence-electron chi connectivity index (χ3n) is 3.64. The molecule has 2 N–H and O–H groups in total. The van der Waals surface area contributed by atoms with E-state index in [2.05, 4.69) is 17.1 Å². The highest BCUT2D eigenvalue weighted by atomic mass is 16.5. The van der Waals surface area contributed by atoms with E-state index >= 15 is 0 Å². The zero-order chi connectivity index (χ0) is 13.2. The number of rotatable bonds is 2. The molecular weight excluding hydrogens is 238 g/mol. The maximum absolute atomic E-state index is 5.85. The van der Waals surface area contributed by atoms with Crippen molar-refractivity contribution in [3.05, 3.63) is 41.6 Å². The van der Waals surface area contributed by atoms with E-state index in [0.717, 1.165) is 17.9 Å². The van der Waals surface area contributed by atoms with Gasteiger partial charge in [-0.05, 0) is 55.0 Å². The number of nitrogens with two attached hydrogens (primary N) is 1. The molecule has 1 atom stereocenters. The Labute approximate surface area is 112 Å². The Bertz CT molecular complexity index is 580. The van der Waals surface area contributed by atoms with Crippen molar-refractivity contribution in [3.8, 4) is 11.6 Å². The fraction of sp³-hybridized carbons (Fsp3) is 0.333. The fourth-order valence-corrected chi connectivity index (χ4v) is 2.55. The number of ether oxygens (including phenoxy) is 1. The molecule has 0 amide bonds. The first-order valence-electron chi connectivity index (χ1n) is 6.62. The van der Waals surface area contributed by atoms with E-state index in [1.54, 1.807) is 0 Å². The monoisotopic (exact) mass is 255 g/mol. The fourth-order valence-electron chi connectivity index (χ4n) is 2.55. The van der Waals surface area contributed by atoms with E-state index in [4.69, 9.17) is 10.5 Å². The summed E-state index contributed by atoms with van der Waals surface area (Å²) >= 11 is 0. The van der Waals surface area contributed by atoms with Gasteiger partial charge in [-0.15, -0.1) is 5.10 Å². The SMILES string of the molecule is CC1CCCc2c1cnnc2Oc1ccc(N)cc1. The third kappa shape index (κ3) is 2.38. The minimum Gasteiger partial charge on any atom is -0.437 e. The van der Waals surface area contributed by atoms with Crippen molar-refractivity contribution in [2.24, 2.45) is 0 Å². The summed E-state index contributed by atoms with van der Waals surface area (Å²) in [5.41, 5.74) is 8.86. The zero-order valence-corrected chi connectivity index (χ0v) is 11.0. The molecule has 0 aliphatic heterocycles. The van der Waals surface area contributed by atoms with E-state index in [9.17, 15) is 0 Å². The van der Waals surface area contributed by atoms with Crippen LogP contribution in [0.3, 0.4) is 0 Å². The molecule has 0 fully saturated rings. The van der Waals surface area contributed by atoms with Crippen molar-refractivity contribution in [1.82, 2.24) is 10.2 Å². The van der Waals surface area contributed by atoms with Crippen molar-refractivity contribution in [2.45, 2.75) is 32.1 Å². The second-order valence-corrected chi connectivity index (χ2v) is 5.05. The summed E-state index contributed by atoms with van der Waals surface area (Å²) in [6, 6.07) is 7.34. The van der Waals surface area contributed by atoms with Gasteiger partial charge in [0.1, 0.15) is 5.75 Å². The Hall–Kier alpha value is -2.10. The molecule has 0 radical (unpaired) electrons. The number of fused-ring (bicyclic) bond motifs is 1. The maximum Gasteiger partial charge on any atom is 0.242 e. The van der Waals surface area contributed by atoms with E-state index in [1.165, 1.54) is 24.0 Å². The Kier molecular flexibility index (Phi) is 3.07. The summed E-state index contributed by atoms with van der Waals surface area (Å²) in [7, 11) is 0. The molecule has 1 heterocycles. The van der Waals surface area contributed by atoms with Crippen LogP contribution in [0.2, 0.25) is 0 Å². The largest absolute Gasteiger partial charge is 0.437 e. The van der Waals surface area contributed by atoms with Crippen molar-refractivity contribution < 1.29 is 4.74 Å². The first kappa shape index (κ1) is 12.0. The first-order chi connectivity index (χ1) is 9.24. The van der Waals surface area contributed by atoms with Gasteiger partial charge in [-0.25, -0.2) is 0 Å². The van der Waals surface area contributed by atoms with Gasteiger partial charge in [0.05, 0.1) is 6.20 Å². The number of benzene rings is 1. The molecular formula is C15H17N3O. The van der Waals surface area contributed by atoms with Crippen molar-refractivity contribution in [1.29, 1.82) is 0 Å². The quantitative estimate of drug-likeness (QED) is 0.836. The van der Waals surface area contributed by atoms with Crippen LogP contribution in [0.1, 0.15) is 36.8 Å². The Morgan fingerprint density at radius 3 is 2.84 bits per heavy atom. The number of anilines is 1. The van der Waals surface area contributed by atoms with Gasteiger partial charge < -0.3 is 10.5 Å². The highest BCUT2D eigenvalue weighted by Gasteiger charge is 2.21. The summed E-state index contributed by atoms with van der Waals surface area (Å²) in [6.07, 6.45) is 5.27. The molecule has 0 spiro atoms. The van der Waals surface area contributed by atoms with Gasteiger partial charge in [0, 0.05) is 11.3 Å². The summed E-state index contributed by atoms with van der Waals surface area (Å²) in [5.74, 6) is 1.91. The van der Waals surface area contributed by atoms with Crippen LogP contribution < -0.4 is 10.5 Å². The lowest BCUT2D eigenvalue weighted by Crippen LogP contribution is -2.10.